The molecule has 1 aliphatic rings. The molecule has 156 valence electrons. The fourth-order valence-electron chi connectivity index (χ4n) is 3.39. The number of carbonyl (C=O) groups is 1. The van der Waals surface area contributed by atoms with Gasteiger partial charge in [-0.3, -0.25) is 4.79 Å². The summed E-state index contributed by atoms with van der Waals surface area (Å²) in [7, 11) is 0. The summed E-state index contributed by atoms with van der Waals surface area (Å²) in [5.41, 5.74) is 2.96. The number of aromatic nitrogens is 3. The number of hydrogen-bond acceptors (Lipinski definition) is 6. The summed E-state index contributed by atoms with van der Waals surface area (Å²) in [6, 6.07) is 17.9. The van der Waals surface area contributed by atoms with Gasteiger partial charge in [0.1, 0.15) is 0 Å². The molecule has 30 heavy (non-hydrogen) atoms. The Kier molecular flexibility index (Phi) is 6.66. The minimum absolute atomic E-state index is 0.0639. The third kappa shape index (κ3) is 4.83. The molecule has 0 bridgehead atoms. The van der Waals surface area contributed by atoms with Crippen molar-refractivity contribution in [3.8, 4) is 11.4 Å². The minimum Gasteiger partial charge on any atom is -0.378 e. The molecule has 2 aromatic carbocycles. The number of amides is 1. The number of morpholine rings is 1. The zero-order chi connectivity index (χ0) is 20.8. The van der Waals surface area contributed by atoms with E-state index in [1.807, 2.05) is 59.2 Å². The number of nitrogens with one attached hydrogen (secondary N) is 1. The van der Waals surface area contributed by atoms with Crippen LogP contribution in [0.15, 0.2) is 59.8 Å². The molecule has 4 rings (SSSR count). The molecule has 0 atom stereocenters. The molecule has 1 fully saturated rings. The molecule has 1 N–H and O–H groups in total. The quantitative estimate of drug-likeness (QED) is 0.586. The van der Waals surface area contributed by atoms with Crippen molar-refractivity contribution in [1.82, 2.24) is 14.8 Å². The monoisotopic (exact) mass is 423 g/mol. The van der Waals surface area contributed by atoms with Crippen LogP contribution >= 0.6 is 11.8 Å². The van der Waals surface area contributed by atoms with Crippen molar-refractivity contribution in [3.05, 3.63) is 54.6 Å². The predicted molar refractivity (Wildman–Crippen MR) is 120 cm³/mol. The second kappa shape index (κ2) is 9.77. The maximum Gasteiger partial charge on any atom is 0.234 e. The molecule has 0 radical (unpaired) electrons. The van der Waals surface area contributed by atoms with Crippen molar-refractivity contribution in [2.24, 2.45) is 0 Å². The molecular formula is C22H25N5O2S. The zero-order valence-electron chi connectivity index (χ0n) is 17.0. The van der Waals surface area contributed by atoms with Gasteiger partial charge in [0, 0.05) is 36.6 Å². The number of nitrogens with zero attached hydrogens (tertiary/aromatic N) is 4. The van der Waals surface area contributed by atoms with E-state index in [2.05, 4.69) is 27.3 Å². The molecule has 1 saturated heterocycles. The van der Waals surface area contributed by atoms with E-state index in [0.717, 1.165) is 60.8 Å². The number of carbonyl (C=O) groups excluding carboxylic acids is 1. The fourth-order valence-corrected chi connectivity index (χ4v) is 4.19. The summed E-state index contributed by atoms with van der Waals surface area (Å²) in [6.07, 6.45) is 0. The summed E-state index contributed by atoms with van der Waals surface area (Å²) in [6.45, 7) is 6.09. The summed E-state index contributed by atoms with van der Waals surface area (Å²) >= 11 is 1.40. The van der Waals surface area contributed by atoms with Crippen LogP contribution < -0.4 is 10.2 Å². The lowest BCUT2D eigenvalue weighted by molar-refractivity contribution is -0.113. The fraction of sp³-hybridized carbons (Fsp3) is 0.318. The van der Waals surface area contributed by atoms with Crippen LogP contribution in [0.25, 0.3) is 11.4 Å². The third-order valence-electron chi connectivity index (χ3n) is 4.92. The Morgan fingerprint density at radius 2 is 1.80 bits per heavy atom. The van der Waals surface area contributed by atoms with Gasteiger partial charge in [0.25, 0.3) is 0 Å². The van der Waals surface area contributed by atoms with Crippen molar-refractivity contribution in [3.63, 3.8) is 0 Å². The minimum atomic E-state index is -0.0639. The second-order valence-corrected chi connectivity index (χ2v) is 7.84. The number of hydrogen-bond donors (Lipinski definition) is 1. The average Bonchev–Trinajstić information content (AvgIpc) is 3.22. The highest BCUT2D eigenvalue weighted by molar-refractivity contribution is 7.99. The molecule has 2 heterocycles. The highest BCUT2D eigenvalue weighted by Crippen LogP contribution is 2.24. The Morgan fingerprint density at radius 3 is 2.50 bits per heavy atom. The van der Waals surface area contributed by atoms with Crippen LogP contribution in [0, 0.1) is 0 Å². The predicted octanol–water partition coefficient (Wildman–Crippen LogP) is 3.53. The van der Waals surface area contributed by atoms with E-state index in [-0.39, 0.29) is 11.7 Å². The van der Waals surface area contributed by atoms with Gasteiger partial charge in [-0.2, -0.15) is 0 Å². The average molecular weight is 424 g/mol. The number of anilines is 2. The topological polar surface area (TPSA) is 72.3 Å². The van der Waals surface area contributed by atoms with Crippen molar-refractivity contribution >= 4 is 29.0 Å². The number of rotatable bonds is 7. The van der Waals surface area contributed by atoms with Gasteiger partial charge in [0.15, 0.2) is 11.0 Å². The van der Waals surface area contributed by atoms with Gasteiger partial charge in [-0.25, -0.2) is 0 Å². The molecule has 3 aromatic rings. The van der Waals surface area contributed by atoms with Gasteiger partial charge < -0.3 is 19.5 Å². The van der Waals surface area contributed by atoms with E-state index < -0.39 is 0 Å². The van der Waals surface area contributed by atoms with E-state index in [0.29, 0.717) is 0 Å². The van der Waals surface area contributed by atoms with Crippen LogP contribution in [0.4, 0.5) is 11.4 Å². The van der Waals surface area contributed by atoms with Crippen LogP contribution in [0.2, 0.25) is 0 Å². The largest absolute Gasteiger partial charge is 0.378 e. The van der Waals surface area contributed by atoms with Gasteiger partial charge in [0.2, 0.25) is 5.91 Å². The Hall–Kier alpha value is -2.84. The second-order valence-electron chi connectivity index (χ2n) is 6.90. The van der Waals surface area contributed by atoms with Crippen LogP contribution in [-0.4, -0.2) is 52.7 Å². The molecule has 8 heteroatoms. The Bertz CT molecular complexity index is 969. The van der Waals surface area contributed by atoms with Gasteiger partial charge >= 0.3 is 0 Å². The van der Waals surface area contributed by atoms with Crippen molar-refractivity contribution in [1.29, 1.82) is 0 Å². The van der Waals surface area contributed by atoms with E-state index >= 15 is 0 Å². The first-order valence-electron chi connectivity index (χ1n) is 10.1. The number of thioether (sulfide) groups is 1. The Balaban J connectivity index is 1.34. The van der Waals surface area contributed by atoms with Crippen molar-refractivity contribution < 1.29 is 9.53 Å². The van der Waals surface area contributed by atoms with E-state index in [1.54, 1.807) is 0 Å². The Labute approximate surface area is 180 Å². The smallest absolute Gasteiger partial charge is 0.234 e. The Morgan fingerprint density at radius 1 is 1.07 bits per heavy atom. The molecule has 0 spiro atoms. The molecular weight excluding hydrogens is 398 g/mol. The normalized spacial score (nSPS) is 14.0. The van der Waals surface area contributed by atoms with Gasteiger partial charge in [-0.05, 0) is 31.2 Å². The SMILES string of the molecule is CCn1c(SCC(=O)Nc2ccc(N3CCOCC3)cc2)nnc1-c1ccccc1. The van der Waals surface area contributed by atoms with Crippen LogP contribution in [0.3, 0.4) is 0 Å². The number of ether oxygens (including phenoxy) is 1. The highest BCUT2D eigenvalue weighted by atomic mass is 32.2. The lowest BCUT2D eigenvalue weighted by Gasteiger charge is -2.28. The molecule has 1 amide bonds. The van der Waals surface area contributed by atoms with E-state index in [4.69, 9.17) is 4.74 Å². The molecule has 0 saturated carbocycles. The molecule has 1 aliphatic heterocycles. The summed E-state index contributed by atoms with van der Waals surface area (Å²) in [5, 5.41) is 12.3. The summed E-state index contributed by atoms with van der Waals surface area (Å²) in [5.74, 6) is 1.03. The first kappa shape index (κ1) is 20.4. The lowest BCUT2D eigenvalue weighted by Crippen LogP contribution is -2.36. The molecule has 0 aliphatic carbocycles. The third-order valence-corrected chi connectivity index (χ3v) is 5.89. The van der Waals surface area contributed by atoms with E-state index in [1.165, 1.54) is 11.8 Å². The van der Waals surface area contributed by atoms with Gasteiger partial charge in [0.05, 0.1) is 19.0 Å². The van der Waals surface area contributed by atoms with Crippen LogP contribution in [0.1, 0.15) is 6.92 Å². The van der Waals surface area contributed by atoms with E-state index in [9.17, 15) is 4.79 Å². The maximum absolute atomic E-state index is 12.4. The summed E-state index contributed by atoms with van der Waals surface area (Å²) in [4.78, 5) is 14.7. The van der Waals surface area contributed by atoms with Gasteiger partial charge in [-0.1, -0.05) is 42.1 Å². The standard InChI is InChI=1S/C22H25N5O2S/c1-2-27-21(17-6-4-3-5-7-17)24-25-22(27)30-16-20(28)23-18-8-10-19(11-9-18)26-12-14-29-15-13-26/h3-11H,2,12-16H2,1H3,(H,23,28). The molecule has 1 aromatic heterocycles. The van der Waals surface area contributed by atoms with Gasteiger partial charge in [-0.15, -0.1) is 10.2 Å². The number of benzene rings is 2. The van der Waals surface area contributed by atoms with Crippen LogP contribution in [-0.2, 0) is 16.1 Å². The highest BCUT2D eigenvalue weighted by Gasteiger charge is 2.15. The van der Waals surface area contributed by atoms with Crippen molar-refractivity contribution in [2.45, 2.75) is 18.6 Å². The summed E-state index contributed by atoms with van der Waals surface area (Å²) < 4.78 is 7.42. The first-order valence-corrected chi connectivity index (χ1v) is 11.1. The first-order chi connectivity index (χ1) is 14.7. The molecule has 0 unspecified atom stereocenters. The lowest BCUT2D eigenvalue weighted by atomic mass is 10.2. The van der Waals surface area contributed by atoms with Crippen LogP contribution in [0.5, 0.6) is 0 Å². The van der Waals surface area contributed by atoms with Crippen molar-refractivity contribution in [2.75, 3.05) is 42.3 Å². The maximum atomic E-state index is 12.4. The molecule has 7 nitrogen and oxygen atoms in total. The zero-order valence-corrected chi connectivity index (χ0v) is 17.8.